The number of hydrogen-bond donors (Lipinski definition) is 3. The molecule has 0 heterocycles. The van der Waals surface area contributed by atoms with Crippen LogP contribution < -0.4 is 5.32 Å². The van der Waals surface area contributed by atoms with E-state index in [0.717, 1.165) is 83.5 Å². The minimum atomic E-state index is -0.793. The molecule has 0 rings (SSSR count). The van der Waals surface area contributed by atoms with E-state index in [9.17, 15) is 19.8 Å². The van der Waals surface area contributed by atoms with Gasteiger partial charge >= 0.3 is 5.97 Å². The Bertz CT molecular complexity index is 972. The summed E-state index contributed by atoms with van der Waals surface area (Å²) in [6, 6.07) is -0.708. The third-order valence-electron chi connectivity index (χ3n) is 10.7. The summed E-state index contributed by atoms with van der Waals surface area (Å²) >= 11 is 0. The van der Waals surface area contributed by atoms with Crippen LogP contribution in [0.2, 0.25) is 0 Å². The van der Waals surface area contributed by atoms with Crippen molar-refractivity contribution in [1.82, 2.24) is 5.32 Å². The molecule has 0 aromatic heterocycles. The number of carbonyl (C=O) groups is 2. The molecule has 326 valence electrons. The monoisotopic (exact) mass is 786 g/mol. The summed E-state index contributed by atoms with van der Waals surface area (Å²) < 4.78 is 5.90. The second-order valence-corrected chi connectivity index (χ2v) is 16.2. The van der Waals surface area contributed by atoms with E-state index in [-0.39, 0.29) is 24.9 Å². The van der Waals surface area contributed by atoms with Crippen LogP contribution in [0.25, 0.3) is 0 Å². The second-order valence-electron chi connectivity index (χ2n) is 16.2. The zero-order valence-electron chi connectivity index (χ0n) is 37.0. The Hall–Kier alpha value is -2.18. The number of unbranched alkanes of at least 4 members (excludes halogenated alkanes) is 24. The van der Waals surface area contributed by atoms with Crippen molar-refractivity contribution in [3.63, 3.8) is 0 Å². The number of aliphatic hydroxyl groups is 2. The molecule has 0 aliphatic heterocycles. The predicted molar refractivity (Wildman–Crippen MR) is 241 cm³/mol. The first-order chi connectivity index (χ1) is 27.5. The van der Waals surface area contributed by atoms with E-state index < -0.39 is 18.2 Å². The van der Waals surface area contributed by atoms with Gasteiger partial charge in [-0.1, -0.05) is 191 Å². The topological polar surface area (TPSA) is 95.9 Å². The highest BCUT2D eigenvalue weighted by Crippen LogP contribution is 2.17. The van der Waals surface area contributed by atoms with Gasteiger partial charge in [-0.15, -0.1) is 0 Å². The molecule has 3 unspecified atom stereocenters. The number of nitrogens with one attached hydrogen (secondary N) is 1. The third kappa shape index (κ3) is 38.7. The molecule has 0 aromatic rings. The molecule has 0 aliphatic carbocycles. The molecule has 3 N–H and O–H groups in total. The quantitative estimate of drug-likeness (QED) is 0.0325. The molecule has 6 heteroatoms. The zero-order chi connectivity index (χ0) is 41.0. The standard InChI is InChI=1S/C50H91NO5/c1-4-7-10-13-16-19-21-23-24-26-28-31-34-37-40-43-50(55)56-46(41-38-35-32-30-27-25-22-20-17-14-11-8-5-2)44-49(54)51-47(45-52)48(53)42-39-36-33-29-18-15-12-9-6-3/h16-17,19-23,25,46-48,52-53H,4-15,18,24,26-45H2,1-3H3,(H,51,54)/b19-16+,20-17+,23-21+,25-22+. The maximum Gasteiger partial charge on any atom is 0.306 e. The smallest absolute Gasteiger partial charge is 0.306 e. The summed E-state index contributed by atoms with van der Waals surface area (Å²) in [6.45, 7) is 6.39. The van der Waals surface area contributed by atoms with Gasteiger partial charge in [0.05, 0.1) is 25.2 Å². The first kappa shape index (κ1) is 53.8. The Morgan fingerprint density at radius 1 is 0.518 bits per heavy atom. The van der Waals surface area contributed by atoms with Gasteiger partial charge < -0.3 is 20.3 Å². The van der Waals surface area contributed by atoms with Gasteiger partial charge in [-0.05, 0) is 77.0 Å². The Labute approximate surface area is 346 Å². The first-order valence-electron chi connectivity index (χ1n) is 23.9. The summed E-state index contributed by atoms with van der Waals surface area (Å²) in [5, 5.41) is 23.6. The number of carbonyl (C=O) groups excluding carboxylic acids is 2. The number of aliphatic hydroxyl groups excluding tert-OH is 2. The molecule has 1 amide bonds. The van der Waals surface area contributed by atoms with Gasteiger partial charge in [-0.2, -0.15) is 0 Å². The Morgan fingerprint density at radius 2 is 0.893 bits per heavy atom. The molecule has 0 saturated heterocycles. The lowest BCUT2D eigenvalue weighted by molar-refractivity contribution is -0.151. The van der Waals surface area contributed by atoms with E-state index in [1.165, 1.54) is 103 Å². The lowest BCUT2D eigenvalue weighted by Gasteiger charge is -2.24. The van der Waals surface area contributed by atoms with Crippen molar-refractivity contribution in [3.8, 4) is 0 Å². The van der Waals surface area contributed by atoms with E-state index in [0.29, 0.717) is 19.3 Å². The zero-order valence-corrected chi connectivity index (χ0v) is 37.0. The fraction of sp³-hybridized carbons (Fsp3) is 0.800. The van der Waals surface area contributed by atoms with Crippen molar-refractivity contribution in [1.29, 1.82) is 0 Å². The Morgan fingerprint density at radius 3 is 1.36 bits per heavy atom. The third-order valence-corrected chi connectivity index (χ3v) is 10.7. The van der Waals surface area contributed by atoms with Crippen molar-refractivity contribution in [2.75, 3.05) is 6.61 Å². The van der Waals surface area contributed by atoms with Gasteiger partial charge in [-0.3, -0.25) is 9.59 Å². The number of amides is 1. The van der Waals surface area contributed by atoms with Gasteiger partial charge in [0.2, 0.25) is 5.91 Å². The minimum Gasteiger partial charge on any atom is -0.462 e. The van der Waals surface area contributed by atoms with Crippen LogP contribution in [0.15, 0.2) is 48.6 Å². The lowest BCUT2D eigenvalue weighted by atomic mass is 10.0. The second kappa shape index (κ2) is 43.9. The van der Waals surface area contributed by atoms with Crippen molar-refractivity contribution in [3.05, 3.63) is 48.6 Å². The molecule has 0 aromatic carbocycles. The maximum absolute atomic E-state index is 13.1. The molecular weight excluding hydrogens is 695 g/mol. The molecule has 0 bridgehead atoms. The summed E-state index contributed by atoms with van der Waals surface area (Å²) in [5.74, 6) is -0.508. The van der Waals surface area contributed by atoms with Crippen LogP contribution in [0.4, 0.5) is 0 Å². The Kier molecular flexibility index (Phi) is 42.2. The molecule has 0 radical (unpaired) electrons. The van der Waals surface area contributed by atoms with E-state index in [1.807, 2.05) is 0 Å². The largest absolute Gasteiger partial charge is 0.462 e. The van der Waals surface area contributed by atoms with E-state index in [4.69, 9.17) is 4.74 Å². The number of hydrogen-bond acceptors (Lipinski definition) is 5. The van der Waals surface area contributed by atoms with Crippen LogP contribution in [-0.4, -0.2) is 46.9 Å². The molecule has 56 heavy (non-hydrogen) atoms. The number of allylic oxidation sites excluding steroid dienone is 8. The molecule has 0 spiro atoms. The summed E-state index contributed by atoms with van der Waals surface area (Å²) in [7, 11) is 0. The molecule has 3 atom stereocenters. The highest BCUT2D eigenvalue weighted by molar-refractivity contribution is 5.77. The average Bonchev–Trinajstić information content (AvgIpc) is 3.19. The summed E-state index contributed by atoms with van der Waals surface area (Å²) in [6.07, 6.45) is 51.6. The fourth-order valence-corrected chi connectivity index (χ4v) is 7.00. The van der Waals surface area contributed by atoms with Crippen LogP contribution in [0, 0.1) is 0 Å². The molecule has 0 saturated carbocycles. The van der Waals surface area contributed by atoms with Crippen LogP contribution in [-0.2, 0) is 14.3 Å². The van der Waals surface area contributed by atoms with Crippen LogP contribution in [0.1, 0.15) is 233 Å². The predicted octanol–water partition coefficient (Wildman–Crippen LogP) is 13.9. The number of ether oxygens (including phenoxy) is 1. The van der Waals surface area contributed by atoms with Crippen molar-refractivity contribution >= 4 is 11.9 Å². The van der Waals surface area contributed by atoms with Crippen LogP contribution in [0.5, 0.6) is 0 Å². The van der Waals surface area contributed by atoms with Gasteiger partial charge in [0.25, 0.3) is 0 Å². The molecular formula is C50H91NO5. The highest BCUT2D eigenvalue weighted by atomic mass is 16.5. The van der Waals surface area contributed by atoms with Crippen molar-refractivity contribution in [2.24, 2.45) is 0 Å². The molecule has 6 nitrogen and oxygen atoms in total. The van der Waals surface area contributed by atoms with E-state index >= 15 is 0 Å². The minimum absolute atomic E-state index is 0.0589. The molecule has 0 aliphatic rings. The van der Waals surface area contributed by atoms with Crippen molar-refractivity contribution in [2.45, 2.75) is 251 Å². The lowest BCUT2D eigenvalue weighted by Crippen LogP contribution is -2.46. The van der Waals surface area contributed by atoms with Gasteiger partial charge in [0.1, 0.15) is 6.10 Å². The van der Waals surface area contributed by atoms with E-state index in [2.05, 4.69) is 74.7 Å². The van der Waals surface area contributed by atoms with Crippen LogP contribution in [0.3, 0.4) is 0 Å². The van der Waals surface area contributed by atoms with Gasteiger partial charge in [-0.25, -0.2) is 0 Å². The van der Waals surface area contributed by atoms with Gasteiger partial charge in [0, 0.05) is 6.42 Å². The summed E-state index contributed by atoms with van der Waals surface area (Å²) in [5.41, 5.74) is 0. The SMILES string of the molecule is CCCCC/C=C/C=C/CCCCCCCCC(=O)OC(CCCCCC/C=C/C=C/CCCCC)CC(=O)NC(CO)C(O)CCCCCCCCCCC. The summed E-state index contributed by atoms with van der Waals surface area (Å²) in [4.78, 5) is 26.0. The molecule has 0 fully saturated rings. The maximum atomic E-state index is 13.1. The van der Waals surface area contributed by atoms with Crippen LogP contribution >= 0.6 is 0 Å². The average molecular weight is 786 g/mol. The number of esters is 1. The highest BCUT2D eigenvalue weighted by Gasteiger charge is 2.24. The Balaban J connectivity index is 4.64. The normalized spacial score (nSPS) is 13.7. The number of rotatable bonds is 42. The van der Waals surface area contributed by atoms with Gasteiger partial charge in [0.15, 0.2) is 0 Å². The first-order valence-corrected chi connectivity index (χ1v) is 23.9. The van der Waals surface area contributed by atoms with E-state index in [1.54, 1.807) is 0 Å². The fourth-order valence-electron chi connectivity index (χ4n) is 7.00. The van der Waals surface area contributed by atoms with Crippen molar-refractivity contribution < 1.29 is 24.5 Å².